The Balaban J connectivity index is 2.46. The molecule has 1 aromatic heterocycles. The molecular formula is C12H9F3N2O. The molecule has 1 aromatic carbocycles. The van der Waals surface area contributed by atoms with E-state index in [1.54, 1.807) is 0 Å². The monoisotopic (exact) mass is 254 g/mol. The standard InChI is InChI=1S/C12H9F3N2O/c13-12(14,15)10-4-2-1-3-9(10)11(18)8-5-16-7-17-6-8/h1-7,11,18H. The first kappa shape index (κ1) is 12.5. The van der Waals surface area contributed by atoms with Crippen LogP contribution in [0.15, 0.2) is 43.0 Å². The predicted molar refractivity (Wildman–Crippen MR) is 57.5 cm³/mol. The number of aliphatic hydroxyl groups is 1. The summed E-state index contributed by atoms with van der Waals surface area (Å²) in [4.78, 5) is 7.34. The van der Waals surface area contributed by atoms with Crippen LogP contribution in [-0.4, -0.2) is 15.1 Å². The average Bonchev–Trinajstić information content (AvgIpc) is 2.38. The molecule has 1 unspecified atom stereocenters. The molecule has 94 valence electrons. The van der Waals surface area contributed by atoms with Crippen LogP contribution >= 0.6 is 0 Å². The smallest absolute Gasteiger partial charge is 0.384 e. The summed E-state index contributed by atoms with van der Waals surface area (Å²) in [6.07, 6.45) is -2.10. The van der Waals surface area contributed by atoms with Crippen molar-refractivity contribution in [3.05, 3.63) is 59.7 Å². The number of hydrogen-bond acceptors (Lipinski definition) is 3. The summed E-state index contributed by atoms with van der Waals surface area (Å²) >= 11 is 0. The van der Waals surface area contributed by atoms with Gasteiger partial charge in [0.15, 0.2) is 0 Å². The fourth-order valence-corrected chi connectivity index (χ4v) is 1.62. The second-order valence-corrected chi connectivity index (χ2v) is 3.66. The molecule has 0 spiro atoms. The minimum atomic E-state index is -4.51. The number of hydrogen-bond donors (Lipinski definition) is 1. The molecule has 6 heteroatoms. The van der Waals surface area contributed by atoms with Crippen molar-refractivity contribution < 1.29 is 18.3 Å². The first-order chi connectivity index (χ1) is 8.50. The van der Waals surface area contributed by atoms with Crippen molar-refractivity contribution in [2.45, 2.75) is 12.3 Å². The minimum Gasteiger partial charge on any atom is -0.384 e. The highest BCUT2D eigenvalue weighted by Gasteiger charge is 2.34. The molecule has 1 heterocycles. The lowest BCUT2D eigenvalue weighted by atomic mass is 9.98. The molecule has 0 saturated carbocycles. The van der Waals surface area contributed by atoms with Gasteiger partial charge in [0.05, 0.1) is 5.56 Å². The highest BCUT2D eigenvalue weighted by molar-refractivity contribution is 5.36. The molecule has 0 saturated heterocycles. The Morgan fingerprint density at radius 1 is 1.06 bits per heavy atom. The molecule has 0 amide bonds. The van der Waals surface area contributed by atoms with E-state index in [0.29, 0.717) is 0 Å². The Morgan fingerprint density at radius 3 is 2.28 bits per heavy atom. The molecule has 2 aromatic rings. The van der Waals surface area contributed by atoms with E-state index in [2.05, 4.69) is 9.97 Å². The lowest BCUT2D eigenvalue weighted by Gasteiger charge is -2.17. The van der Waals surface area contributed by atoms with E-state index in [1.165, 1.54) is 36.9 Å². The highest BCUT2D eigenvalue weighted by atomic mass is 19.4. The zero-order chi connectivity index (χ0) is 13.2. The summed E-state index contributed by atoms with van der Waals surface area (Å²) in [5.74, 6) is 0. The zero-order valence-corrected chi connectivity index (χ0v) is 9.09. The number of aliphatic hydroxyl groups excluding tert-OH is 1. The third kappa shape index (κ3) is 2.48. The second-order valence-electron chi connectivity index (χ2n) is 3.66. The molecule has 0 fully saturated rings. The second kappa shape index (κ2) is 4.73. The Labute approximate surface area is 101 Å². The van der Waals surface area contributed by atoms with Crippen LogP contribution in [-0.2, 0) is 6.18 Å². The van der Waals surface area contributed by atoms with Crippen LogP contribution in [0.2, 0.25) is 0 Å². The molecule has 0 aliphatic carbocycles. The van der Waals surface area contributed by atoms with Gasteiger partial charge in [-0.1, -0.05) is 18.2 Å². The van der Waals surface area contributed by atoms with E-state index in [4.69, 9.17) is 0 Å². The van der Waals surface area contributed by atoms with Crippen LogP contribution in [0.3, 0.4) is 0 Å². The zero-order valence-electron chi connectivity index (χ0n) is 9.09. The van der Waals surface area contributed by atoms with Gasteiger partial charge in [0.25, 0.3) is 0 Å². The average molecular weight is 254 g/mol. The molecule has 18 heavy (non-hydrogen) atoms. The summed E-state index contributed by atoms with van der Waals surface area (Å²) in [6.45, 7) is 0. The number of rotatable bonds is 2. The maximum Gasteiger partial charge on any atom is 0.416 e. The van der Waals surface area contributed by atoms with Crippen LogP contribution in [0, 0.1) is 0 Å². The quantitative estimate of drug-likeness (QED) is 0.895. The summed E-state index contributed by atoms with van der Waals surface area (Å²) in [6, 6.07) is 4.89. The van der Waals surface area contributed by atoms with Gasteiger partial charge in [-0.25, -0.2) is 9.97 Å². The molecule has 1 N–H and O–H groups in total. The lowest BCUT2D eigenvalue weighted by molar-refractivity contribution is -0.139. The fourth-order valence-electron chi connectivity index (χ4n) is 1.62. The van der Waals surface area contributed by atoms with Crippen LogP contribution in [0.4, 0.5) is 13.2 Å². The summed E-state index contributed by atoms with van der Waals surface area (Å²) in [5.41, 5.74) is -0.852. The molecule has 3 nitrogen and oxygen atoms in total. The number of aromatic nitrogens is 2. The van der Waals surface area contributed by atoms with Crippen LogP contribution < -0.4 is 0 Å². The molecule has 0 aliphatic rings. The molecule has 0 aliphatic heterocycles. The Morgan fingerprint density at radius 2 is 1.67 bits per heavy atom. The summed E-state index contributed by atoms with van der Waals surface area (Å²) in [5, 5.41) is 9.96. The largest absolute Gasteiger partial charge is 0.416 e. The van der Waals surface area contributed by atoms with Crippen LogP contribution in [0.25, 0.3) is 0 Å². The molecule has 2 rings (SSSR count). The van der Waals surface area contributed by atoms with Gasteiger partial charge in [0.1, 0.15) is 12.4 Å². The van der Waals surface area contributed by atoms with E-state index in [0.717, 1.165) is 6.07 Å². The van der Waals surface area contributed by atoms with Crippen molar-refractivity contribution in [3.8, 4) is 0 Å². The molecule has 1 atom stereocenters. The van der Waals surface area contributed by atoms with Gasteiger partial charge >= 0.3 is 6.18 Å². The van der Waals surface area contributed by atoms with Gasteiger partial charge in [-0.15, -0.1) is 0 Å². The third-order valence-corrected chi connectivity index (χ3v) is 2.46. The van der Waals surface area contributed by atoms with Crippen molar-refractivity contribution >= 4 is 0 Å². The topological polar surface area (TPSA) is 46.0 Å². The van der Waals surface area contributed by atoms with Crippen molar-refractivity contribution in [1.82, 2.24) is 9.97 Å². The first-order valence-corrected chi connectivity index (χ1v) is 5.09. The van der Waals surface area contributed by atoms with Crippen molar-refractivity contribution in [2.75, 3.05) is 0 Å². The van der Waals surface area contributed by atoms with Gasteiger partial charge in [-0.2, -0.15) is 13.2 Å². The van der Waals surface area contributed by atoms with Gasteiger partial charge in [0.2, 0.25) is 0 Å². The number of alkyl halides is 3. The van der Waals surface area contributed by atoms with Crippen LogP contribution in [0.1, 0.15) is 22.8 Å². The lowest BCUT2D eigenvalue weighted by Crippen LogP contribution is -2.12. The molecular weight excluding hydrogens is 245 g/mol. The normalized spacial score (nSPS) is 13.3. The van der Waals surface area contributed by atoms with Crippen molar-refractivity contribution in [2.24, 2.45) is 0 Å². The van der Waals surface area contributed by atoms with E-state index in [-0.39, 0.29) is 11.1 Å². The fraction of sp³-hybridized carbons (Fsp3) is 0.167. The van der Waals surface area contributed by atoms with E-state index in [1.807, 2.05) is 0 Å². The Bertz CT molecular complexity index is 528. The molecule has 0 bridgehead atoms. The molecule has 0 radical (unpaired) electrons. The first-order valence-electron chi connectivity index (χ1n) is 5.09. The van der Waals surface area contributed by atoms with Crippen molar-refractivity contribution in [3.63, 3.8) is 0 Å². The maximum absolute atomic E-state index is 12.8. The van der Waals surface area contributed by atoms with Gasteiger partial charge in [-0.05, 0) is 11.6 Å². The Kier molecular flexibility index (Phi) is 3.29. The summed E-state index contributed by atoms with van der Waals surface area (Å²) in [7, 11) is 0. The number of benzene rings is 1. The predicted octanol–water partition coefficient (Wildman–Crippen LogP) is 2.58. The maximum atomic E-state index is 12.8. The van der Waals surface area contributed by atoms with Crippen molar-refractivity contribution in [1.29, 1.82) is 0 Å². The third-order valence-electron chi connectivity index (χ3n) is 2.46. The summed E-state index contributed by atoms with van der Waals surface area (Å²) < 4.78 is 38.3. The number of halogens is 3. The SMILES string of the molecule is OC(c1cncnc1)c1ccccc1C(F)(F)F. The number of nitrogens with zero attached hydrogens (tertiary/aromatic N) is 2. The highest BCUT2D eigenvalue weighted by Crippen LogP contribution is 2.35. The van der Waals surface area contributed by atoms with Gasteiger partial charge in [0, 0.05) is 18.0 Å². The van der Waals surface area contributed by atoms with Gasteiger partial charge < -0.3 is 5.11 Å². The van der Waals surface area contributed by atoms with E-state index >= 15 is 0 Å². The van der Waals surface area contributed by atoms with Gasteiger partial charge in [-0.3, -0.25) is 0 Å². The Hall–Kier alpha value is -1.95. The van der Waals surface area contributed by atoms with E-state index < -0.39 is 17.8 Å². The minimum absolute atomic E-state index is 0.209. The van der Waals surface area contributed by atoms with E-state index in [9.17, 15) is 18.3 Å². The van der Waals surface area contributed by atoms with Crippen LogP contribution in [0.5, 0.6) is 0 Å².